The van der Waals surface area contributed by atoms with Crippen LogP contribution in [0.15, 0.2) is 18.2 Å². The van der Waals surface area contributed by atoms with E-state index in [9.17, 15) is 19.7 Å². The van der Waals surface area contributed by atoms with Crippen LogP contribution in [0.4, 0.5) is 10.7 Å². The zero-order valence-electron chi connectivity index (χ0n) is 15.4. The molecule has 1 atom stereocenters. The molecule has 1 aliphatic rings. The number of hydrogen-bond donors (Lipinski definition) is 1. The minimum Gasteiger partial charge on any atom is -0.462 e. The van der Waals surface area contributed by atoms with Crippen molar-refractivity contribution < 1.29 is 19.2 Å². The highest BCUT2D eigenvalue weighted by Crippen LogP contribution is 2.40. The summed E-state index contributed by atoms with van der Waals surface area (Å²) in [6, 6.07) is 3.78. The standard InChI is InChI=1S/C19H19ClN2O5S/c1-3-27-19(24)16-12-6-4-10(2)8-15(12)28-18(16)21-17(23)13-9-11(20)5-7-14(13)22(25)26/h5,7,9-10H,3-4,6,8H2,1-2H3,(H,21,23)/t10-/m0/s1. The van der Waals surface area contributed by atoms with Crippen molar-refractivity contribution in [3.63, 3.8) is 0 Å². The highest BCUT2D eigenvalue weighted by molar-refractivity contribution is 7.17. The first-order valence-electron chi connectivity index (χ1n) is 8.88. The number of fused-ring (bicyclic) bond motifs is 1. The Morgan fingerprint density at radius 2 is 2.18 bits per heavy atom. The number of nitrogens with zero attached hydrogens (tertiary/aromatic N) is 1. The molecule has 9 heteroatoms. The van der Waals surface area contributed by atoms with Crippen LogP contribution in [0.5, 0.6) is 0 Å². The van der Waals surface area contributed by atoms with E-state index in [1.54, 1.807) is 6.92 Å². The van der Waals surface area contributed by atoms with Gasteiger partial charge in [0.1, 0.15) is 10.6 Å². The number of ether oxygens (including phenoxy) is 1. The number of carbonyl (C=O) groups is 2. The molecule has 7 nitrogen and oxygen atoms in total. The average Bonchev–Trinajstić information content (AvgIpc) is 2.98. The van der Waals surface area contributed by atoms with E-state index in [0.29, 0.717) is 16.5 Å². The van der Waals surface area contributed by atoms with E-state index >= 15 is 0 Å². The third kappa shape index (κ3) is 4.02. The summed E-state index contributed by atoms with van der Waals surface area (Å²) in [5.41, 5.74) is 0.741. The van der Waals surface area contributed by atoms with Crippen LogP contribution in [0.3, 0.4) is 0 Å². The van der Waals surface area contributed by atoms with E-state index < -0.39 is 16.8 Å². The van der Waals surface area contributed by atoms with Crippen LogP contribution in [0.1, 0.15) is 51.4 Å². The highest BCUT2D eigenvalue weighted by atomic mass is 35.5. The third-order valence-electron chi connectivity index (χ3n) is 4.62. The van der Waals surface area contributed by atoms with Gasteiger partial charge in [0.15, 0.2) is 0 Å². The fourth-order valence-corrected chi connectivity index (χ4v) is 4.84. The van der Waals surface area contributed by atoms with Gasteiger partial charge in [0.05, 0.1) is 17.1 Å². The largest absolute Gasteiger partial charge is 0.462 e. The van der Waals surface area contributed by atoms with Crippen molar-refractivity contribution in [2.24, 2.45) is 5.92 Å². The van der Waals surface area contributed by atoms with Gasteiger partial charge >= 0.3 is 5.97 Å². The van der Waals surface area contributed by atoms with Crippen molar-refractivity contribution in [2.45, 2.75) is 33.1 Å². The molecular formula is C19H19ClN2O5S. The summed E-state index contributed by atoms with van der Waals surface area (Å²) in [4.78, 5) is 37.0. The number of esters is 1. The van der Waals surface area contributed by atoms with Crippen molar-refractivity contribution in [3.05, 3.63) is 54.9 Å². The van der Waals surface area contributed by atoms with Crippen LogP contribution in [0, 0.1) is 16.0 Å². The monoisotopic (exact) mass is 422 g/mol. The molecule has 148 valence electrons. The van der Waals surface area contributed by atoms with Crippen LogP contribution in [0.25, 0.3) is 0 Å². The number of benzene rings is 1. The highest BCUT2D eigenvalue weighted by Gasteiger charge is 2.30. The number of carbonyl (C=O) groups excluding carboxylic acids is 2. The summed E-state index contributed by atoms with van der Waals surface area (Å²) in [6.45, 7) is 4.07. The lowest BCUT2D eigenvalue weighted by Gasteiger charge is -2.18. The lowest BCUT2D eigenvalue weighted by Crippen LogP contribution is -2.17. The number of rotatable bonds is 5. The Balaban J connectivity index is 2.00. The van der Waals surface area contributed by atoms with Crippen molar-refractivity contribution in [2.75, 3.05) is 11.9 Å². The Bertz CT molecular complexity index is 956. The van der Waals surface area contributed by atoms with Crippen LogP contribution in [-0.2, 0) is 17.6 Å². The van der Waals surface area contributed by atoms with E-state index in [4.69, 9.17) is 16.3 Å². The molecule has 1 amide bonds. The summed E-state index contributed by atoms with van der Waals surface area (Å²) in [5, 5.41) is 14.5. The normalized spacial score (nSPS) is 15.6. The van der Waals surface area contributed by atoms with Crippen LogP contribution in [0.2, 0.25) is 5.02 Å². The van der Waals surface area contributed by atoms with Gasteiger partial charge in [-0.3, -0.25) is 14.9 Å². The van der Waals surface area contributed by atoms with E-state index in [2.05, 4.69) is 12.2 Å². The van der Waals surface area contributed by atoms with Crippen molar-refractivity contribution in [1.82, 2.24) is 0 Å². The molecule has 3 rings (SSSR count). The molecule has 0 spiro atoms. The molecule has 1 heterocycles. The van der Waals surface area contributed by atoms with Gasteiger partial charge in [-0.25, -0.2) is 4.79 Å². The number of amides is 1. The Hall–Kier alpha value is -2.45. The Labute approximate surface area is 170 Å². The quantitative estimate of drug-likeness (QED) is 0.421. The number of hydrogen-bond acceptors (Lipinski definition) is 6. The first-order valence-corrected chi connectivity index (χ1v) is 10.1. The topological polar surface area (TPSA) is 98.5 Å². The molecule has 1 N–H and O–H groups in total. The predicted octanol–water partition coefficient (Wildman–Crippen LogP) is 4.86. The molecule has 0 bridgehead atoms. The van der Waals surface area contributed by atoms with Crippen molar-refractivity contribution in [3.8, 4) is 0 Å². The van der Waals surface area contributed by atoms with Gasteiger partial charge in [0.25, 0.3) is 11.6 Å². The number of nitro benzene ring substituents is 1. The van der Waals surface area contributed by atoms with Crippen molar-refractivity contribution in [1.29, 1.82) is 0 Å². The van der Waals surface area contributed by atoms with Gasteiger partial charge in [0.2, 0.25) is 0 Å². The Morgan fingerprint density at radius 3 is 2.86 bits per heavy atom. The second-order valence-corrected chi connectivity index (χ2v) is 8.19. The first kappa shape index (κ1) is 20.3. The smallest absolute Gasteiger partial charge is 0.341 e. The van der Waals surface area contributed by atoms with Gasteiger partial charge in [-0.05, 0) is 49.8 Å². The molecule has 0 radical (unpaired) electrons. The SMILES string of the molecule is CCOC(=O)c1c(NC(=O)c2cc(Cl)ccc2[N+](=O)[O-])sc2c1CC[C@H](C)C2. The molecule has 0 saturated carbocycles. The summed E-state index contributed by atoms with van der Waals surface area (Å²) in [7, 11) is 0. The summed E-state index contributed by atoms with van der Waals surface area (Å²) in [6.07, 6.45) is 2.50. The van der Waals surface area contributed by atoms with Crippen LogP contribution in [-0.4, -0.2) is 23.4 Å². The van der Waals surface area contributed by atoms with Crippen LogP contribution < -0.4 is 5.32 Å². The number of thiophene rings is 1. The van der Waals surface area contributed by atoms with Crippen molar-refractivity contribution >= 4 is 45.5 Å². The first-order chi connectivity index (χ1) is 13.3. The van der Waals surface area contributed by atoms with Gasteiger partial charge in [-0.1, -0.05) is 18.5 Å². The van der Waals surface area contributed by atoms with E-state index in [1.807, 2.05) is 0 Å². The lowest BCUT2D eigenvalue weighted by atomic mass is 9.88. The molecule has 0 saturated heterocycles. The fourth-order valence-electron chi connectivity index (χ4n) is 3.28. The van der Waals surface area contributed by atoms with Gasteiger partial charge in [-0.2, -0.15) is 0 Å². The van der Waals surface area contributed by atoms with E-state index in [0.717, 1.165) is 29.7 Å². The molecule has 1 aromatic heterocycles. The number of halogens is 1. The van der Waals surface area contributed by atoms with Gasteiger partial charge < -0.3 is 10.1 Å². The zero-order valence-corrected chi connectivity index (χ0v) is 17.0. The van der Waals surface area contributed by atoms with E-state index in [-0.39, 0.29) is 22.9 Å². The summed E-state index contributed by atoms with van der Waals surface area (Å²) < 4.78 is 5.18. The molecular weight excluding hydrogens is 404 g/mol. The molecule has 0 aliphatic heterocycles. The second kappa shape index (κ2) is 8.28. The average molecular weight is 423 g/mol. The Kier molecular flexibility index (Phi) is 6.00. The minimum absolute atomic E-state index is 0.160. The van der Waals surface area contributed by atoms with E-state index in [1.165, 1.54) is 29.5 Å². The molecule has 1 aliphatic carbocycles. The lowest BCUT2D eigenvalue weighted by molar-refractivity contribution is -0.385. The van der Waals surface area contributed by atoms with Crippen LogP contribution >= 0.6 is 22.9 Å². The third-order valence-corrected chi connectivity index (χ3v) is 6.02. The molecule has 0 fully saturated rings. The zero-order chi connectivity index (χ0) is 20.4. The Morgan fingerprint density at radius 1 is 1.43 bits per heavy atom. The number of anilines is 1. The predicted molar refractivity (Wildman–Crippen MR) is 108 cm³/mol. The molecule has 1 aromatic carbocycles. The van der Waals surface area contributed by atoms with Gasteiger partial charge in [0, 0.05) is 16.0 Å². The maximum atomic E-state index is 12.8. The molecule has 2 aromatic rings. The fraction of sp³-hybridized carbons (Fsp3) is 0.368. The maximum Gasteiger partial charge on any atom is 0.341 e. The van der Waals surface area contributed by atoms with Gasteiger partial charge in [-0.15, -0.1) is 11.3 Å². The number of nitro groups is 1. The molecule has 28 heavy (non-hydrogen) atoms. The second-order valence-electron chi connectivity index (χ2n) is 6.65. The summed E-state index contributed by atoms with van der Waals surface area (Å²) in [5.74, 6) is -0.699. The molecule has 0 unspecified atom stereocenters. The minimum atomic E-state index is -0.689. The summed E-state index contributed by atoms with van der Waals surface area (Å²) >= 11 is 7.24. The number of nitrogens with one attached hydrogen (secondary N) is 1. The maximum absolute atomic E-state index is 12.8.